The van der Waals surface area contributed by atoms with E-state index in [1.807, 2.05) is 13.0 Å². The van der Waals surface area contributed by atoms with E-state index in [1.165, 1.54) is 24.8 Å². The van der Waals surface area contributed by atoms with E-state index in [2.05, 4.69) is 62.1 Å². The zero-order chi connectivity index (χ0) is 28.5. The van der Waals surface area contributed by atoms with Gasteiger partial charge < -0.3 is 9.73 Å². The van der Waals surface area contributed by atoms with Crippen LogP contribution in [-0.4, -0.2) is 24.2 Å². The standard InChI is InChI=1S/C16H35O4P.C14H21NO2/c1-5-9-11-15(7-3)13-19-21(17,18)20-14-16(8-4)12-10-6-2;1-13(17-15-16)9-5-2-3-6-10-14-11-7-4-8-12-14/h15-16H,5-14H2,1-4H3,(H,17,18);4,7-8,11-13H,2-3,5-6,9-10H2,1H3. The highest BCUT2D eigenvalue weighted by atomic mass is 31.2. The maximum Gasteiger partial charge on any atom is 0.472 e. The van der Waals surface area contributed by atoms with Crippen molar-refractivity contribution in [2.75, 3.05) is 13.2 Å². The van der Waals surface area contributed by atoms with Gasteiger partial charge in [-0.2, -0.15) is 0 Å². The van der Waals surface area contributed by atoms with Gasteiger partial charge in [0.1, 0.15) is 6.10 Å². The van der Waals surface area contributed by atoms with E-state index in [-0.39, 0.29) is 6.10 Å². The molecule has 222 valence electrons. The molecule has 0 aliphatic rings. The van der Waals surface area contributed by atoms with Gasteiger partial charge in [0.05, 0.1) is 13.2 Å². The lowest BCUT2D eigenvalue weighted by atomic mass is 10.0. The average Bonchev–Trinajstić information content (AvgIpc) is 2.92. The van der Waals surface area contributed by atoms with E-state index in [0.717, 1.165) is 70.6 Å². The maximum absolute atomic E-state index is 11.9. The number of aryl methyl sites for hydroxylation is 1. The number of benzene rings is 1. The topological polar surface area (TPSA) is 94.4 Å². The van der Waals surface area contributed by atoms with Crippen LogP contribution in [0, 0.1) is 16.7 Å². The van der Waals surface area contributed by atoms with E-state index in [4.69, 9.17) is 9.05 Å². The number of hydrogen-bond acceptors (Lipinski definition) is 6. The third-order valence-electron chi connectivity index (χ3n) is 6.93. The highest BCUT2D eigenvalue weighted by molar-refractivity contribution is 7.47. The molecule has 1 rings (SSSR count). The molecule has 0 aliphatic heterocycles. The summed E-state index contributed by atoms with van der Waals surface area (Å²) in [6.45, 7) is 11.0. The van der Waals surface area contributed by atoms with Gasteiger partial charge in [0.2, 0.25) is 0 Å². The van der Waals surface area contributed by atoms with E-state index < -0.39 is 7.82 Å². The first-order valence-corrected chi connectivity index (χ1v) is 16.4. The van der Waals surface area contributed by atoms with E-state index in [1.54, 1.807) is 0 Å². The van der Waals surface area contributed by atoms with Gasteiger partial charge in [0.15, 0.2) is 5.34 Å². The van der Waals surface area contributed by atoms with E-state index in [9.17, 15) is 14.4 Å². The van der Waals surface area contributed by atoms with Crippen molar-refractivity contribution in [3.8, 4) is 0 Å². The molecule has 1 aromatic rings. The summed E-state index contributed by atoms with van der Waals surface area (Å²) in [6.07, 6.45) is 15.3. The van der Waals surface area contributed by atoms with E-state index >= 15 is 0 Å². The van der Waals surface area contributed by atoms with E-state index in [0.29, 0.717) is 25.0 Å². The Labute approximate surface area is 233 Å². The Morgan fingerprint density at radius 3 is 1.79 bits per heavy atom. The van der Waals surface area contributed by atoms with Crippen LogP contribution in [0.3, 0.4) is 0 Å². The van der Waals surface area contributed by atoms with Crippen LogP contribution in [0.25, 0.3) is 0 Å². The lowest BCUT2D eigenvalue weighted by Crippen LogP contribution is -2.12. The summed E-state index contributed by atoms with van der Waals surface area (Å²) in [6, 6.07) is 10.6. The van der Waals surface area contributed by atoms with Crippen LogP contribution >= 0.6 is 7.82 Å². The number of phosphoric ester groups is 1. The molecule has 0 spiro atoms. The smallest absolute Gasteiger partial charge is 0.361 e. The molecule has 7 nitrogen and oxygen atoms in total. The summed E-state index contributed by atoms with van der Waals surface area (Å²) in [5.74, 6) is 0.687. The quantitative estimate of drug-likeness (QED) is 0.0623. The second-order valence-electron chi connectivity index (χ2n) is 10.3. The highest BCUT2D eigenvalue weighted by Gasteiger charge is 2.24. The Hall–Kier alpha value is -1.27. The lowest BCUT2D eigenvalue weighted by molar-refractivity contribution is 0.0607. The normalized spacial score (nSPS) is 15.0. The molecule has 0 radical (unpaired) electrons. The maximum atomic E-state index is 11.9. The van der Waals surface area contributed by atoms with Gasteiger partial charge in [0, 0.05) is 0 Å². The Balaban J connectivity index is 0.000000735. The second kappa shape index (κ2) is 24.7. The number of nitrogens with zero attached hydrogens (tertiary/aromatic N) is 1. The molecule has 0 saturated heterocycles. The molecular formula is C30H56NO6P. The average molecular weight is 558 g/mol. The number of rotatable bonds is 23. The summed E-state index contributed by atoms with van der Waals surface area (Å²) in [5.41, 5.74) is 1.41. The van der Waals surface area contributed by atoms with Crippen molar-refractivity contribution < 1.29 is 23.3 Å². The van der Waals surface area contributed by atoms with Crippen LogP contribution in [0.2, 0.25) is 0 Å². The fourth-order valence-corrected chi connectivity index (χ4v) is 4.99. The fourth-order valence-electron chi connectivity index (χ4n) is 4.12. The Kier molecular flexibility index (Phi) is 23.9. The molecule has 0 bridgehead atoms. The van der Waals surface area contributed by atoms with Crippen LogP contribution < -0.4 is 0 Å². The van der Waals surface area contributed by atoms with Crippen LogP contribution in [-0.2, 0) is 24.9 Å². The molecule has 0 aliphatic carbocycles. The van der Waals surface area contributed by atoms with Crippen molar-refractivity contribution in [3.63, 3.8) is 0 Å². The van der Waals surface area contributed by atoms with Gasteiger partial charge in [-0.05, 0) is 62.8 Å². The molecule has 3 unspecified atom stereocenters. The zero-order valence-electron chi connectivity index (χ0n) is 24.8. The molecular weight excluding hydrogens is 501 g/mol. The van der Waals surface area contributed by atoms with Crippen LogP contribution in [0.15, 0.2) is 35.7 Å². The van der Waals surface area contributed by atoms with Crippen molar-refractivity contribution in [2.24, 2.45) is 17.2 Å². The number of hydrogen-bond donors (Lipinski definition) is 1. The molecule has 0 amide bonds. The molecule has 0 aromatic heterocycles. The minimum absolute atomic E-state index is 0.0402. The first kappa shape index (κ1) is 36.7. The van der Waals surface area contributed by atoms with Gasteiger partial charge in [-0.1, -0.05) is 109 Å². The Bertz CT molecular complexity index is 681. The zero-order valence-corrected chi connectivity index (χ0v) is 25.7. The fraction of sp³-hybridized carbons (Fsp3) is 0.800. The number of phosphoric acid groups is 1. The minimum atomic E-state index is -3.89. The molecule has 1 aromatic carbocycles. The number of unbranched alkanes of at least 4 members (excludes halogenated alkanes) is 5. The summed E-state index contributed by atoms with van der Waals surface area (Å²) in [7, 11) is -3.89. The van der Waals surface area contributed by atoms with Crippen molar-refractivity contribution >= 4 is 7.82 Å². The molecule has 3 atom stereocenters. The third-order valence-corrected chi connectivity index (χ3v) is 7.88. The molecule has 0 fully saturated rings. The molecule has 0 saturated carbocycles. The van der Waals surface area contributed by atoms with Gasteiger partial charge in [-0.25, -0.2) is 4.57 Å². The van der Waals surface area contributed by atoms with Crippen molar-refractivity contribution in [2.45, 2.75) is 131 Å². The monoisotopic (exact) mass is 557 g/mol. The predicted molar refractivity (Wildman–Crippen MR) is 158 cm³/mol. The highest BCUT2D eigenvalue weighted by Crippen LogP contribution is 2.44. The van der Waals surface area contributed by atoms with Crippen LogP contribution in [0.5, 0.6) is 0 Å². The Morgan fingerprint density at radius 2 is 1.32 bits per heavy atom. The summed E-state index contributed by atoms with van der Waals surface area (Å²) in [5, 5.41) is 2.44. The predicted octanol–water partition coefficient (Wildman–Crippen LogP) is 9.82. The summed E-state index contributed by atoms with van der Waals surface area (Å²) < 4.78 is 22.2. The van der Waals surface area contributed by atoms with Gasteiger partial charge >= 0.3 is 7.82 Å². The summed E-state index contributed by atoms with van der Waals surface area (Å²) in [4.78, 5) is 24.2. The second-order valence-corrected chi connectivity index (χ2v) is 11.8. The van der Waals surface area contributed by atoms with Crippen molar-refractivity contribution in [3.05, 3.63) is 40.8 Å². The SMILES string of the molecule is CC(CCCCCCc1ccccc1)ON=O.CCCCC(CC)COP(=O)(O)OCC(CC)CCCC. The van der Waals surface area contributed by atoms with Crippen molar-refractivity contribution in [1.82, 2.24) is 0 Å². The van der Waals surface area contributed by atoms with Gasteiger partial charge in [-0.15, -0.1) is 4.91 Å². The molecule has 1 N–H and O–H groups in total. The van der Waals surface area contributed by atoms with Crippen LogP contribution in [0.1, 0.15) is 124 Å². The Morgan fingerprint density at radius 1 is 0.789 bits per heavy atom. The summed E-state index contributed by atoms with van der Waals surface area (Å²) >= 11 is 0. The molecule has 8 heteroatoms. The molecule has 0 heterocycles. The largest absolute Gasteiger partial charge is 0.472 e. The first-order valence-electron chi connectivity index (χ1n) is 15.0. The third kappa shape index (κ3) is 21.6. The lowest BCUT2D eigenvalue weighted by Gasteiger charge is -2.20. The minimum Gasteiger partial charge on any atom is -0.361 e. The first-order chi connectivity index (χ1) is 18.3. The van der Waals surface area contributed by atoms with Crippen molar-refractivity contribution in [1.29, 1.82) is 0 Å². The van der Waals surface area contributed by atoms with Gasteiger partial charge in [0.25, 0.3) is 0 Å². The van der Waals surface area contributed by atoms with Gasteiger partial charge in [-0.3, -0.25) is 9.05 Å². The van der Waals surface area contributed by atoms with Crippen LogP contribution in [0.4, 0.5) is 0 Å². The molecule has 38 heavy (non-hydrogen) atoms.